The number of hydrogen-bond acceptors (Lipinski definition) is 3. The van der Waals surface area contributed by atoms with Gasteiger partial charge in [0.1, 0.15) is 5.82 Å². The van der Waals surface area contributed by atoms with Gasteiger partial charge in [-0.1, -0.05) is 40.9 Å². The molecular formula is C18H13Cl3N2O2S. The number of pyridine rings is 1. The van der Waals surface area contributed by atoms with Gasteiger partial charge in [0.25, 0.3) is 10.0 Å². The average molecular weight is 428 g/mol. The van der Waals surface area contributed by atoms with Crippen molar-refractivity contribution in [3.63, 3.8) is 0 Å². The smallest absolute Gasteiger partial charge is 0.263 e. The molecule has 4 nitrogen and oxygen atoms in total. The number of nitrogens with zero attached hydrogens (tertiary/aromatic N) is 1. The third kappa shape index (κ3) is 3.96. The van der Waals surface area contributed by atoms with E-state index in [4.69, 9.17) is 34.8 Å². The molecule has 0 atom stereocenters. The molecule has 0 aliphatic heterocycles. The highest BCUT2D eigenvalue weighted by atomic mass is 35.5. The molecule has 2 aromatic carbocycles. The molecule has 0 radical (unpaired) electrons. The van der Waals surface area contributed by atoms with Crippen molar-refractivity contribution >= 4 is 50.6 Å². The monoisotopic (exact) mass is 426 g/mol. The number of aromatic nitrogens is 1. The highest BCUT2D eigenvalue weighted by Gasteiger charge is 2.19. The third-order valence-corrected chi connectivity index (χ3v) is 6.22. The lowest BCUT2D eigenvalue weighted by atomic mass is 10.1. The van der Waals surface area contributed by atoms with Crippen LogP contribution in [-0.4, -0.2) is 13.4 Å². The normalized spacial score (nSPS) is 11.4. The van der Waals surface area contributed by atoms with Crippen LogP contribution in [0.25, 0.3) is 11.1 Å². The van der Waals surface area contributed by atoms with Crippen LogP contribution in [0.2, 0.25) is 15.1 Å². The predicted molar refractivity (Wildman–Crippen MR) is 107 cm³/mol. The zero-order valence-corrected chi connectivity index (χ0v) is 16.6. The fourth-order valence-electron chi connectivity index (χ4n) is 2.40. The summed E-state index contributed by atoms with van der Waals surface area (Å²) in [7, 11) is -3.80. The van der Waals surface area contributed by atoms with Crippen LogP contribution in [0.3, 0.4) is 0 Å². The summed E-state index contributed by atoms with van der Waals surface area (Å²) in [5.74, 6) is 0.186. The van der Waals surface area contributed by atoms with E-state index in [9.17, 15) is 8.42 Å². The van der Waals surface area contributed by atoms with Crippen LogP contribution in [0.15, 0.2) is 59.6 Å². The lowest BCUT2D eigenvalue weighted by Crippen LogP contribution is -2.15. The van der Waals surface area contributed by atoms with E-state index in [1.807, 2.05) is 0 Å². The summed E-state index contributed by atoms with van der Waals surface area (Å²) in [6.07, 6.45) is 1.53. The summed E-state index contributed by atoms with van der Waals surface area (Å²) < 4.78 is 27.6. The number of halogens is 3. The average Bonchev–Trinajstić information content (AvgIpc) is 2.60. The molecule has 0 saturated heterocycles. The summed E-state index contributed by atoms with van der Waals surface area (Å²) >= 11 is 18.2. The second-order valence-electron chi connectivity index (χ2n) is 5.52. The van der Waals surface area contributed by atoms with Crippen LogP contribution in [0.5, 0.6) is 0 Å². The van der Waals surface area contributed by atoms with Gasteiger partial charge >= 0.3 is 0 Å². The first-order valence-electron chi connectivity index (χ1n) is 7.47. The van der Waals surface area contributed by atoms with Gasteiger partial charge in [-0.15, -0.1) is 0 Å². The maximum Gasteiger partial charge on any atom is 0.263 e. The van der Waals surface area contributed by atoms with Crippen LogP contribution in [0.4, 0.5) is 5.82 Å². The predicted octanol–water partition coefficient (Wildman–Crippen LogP) is 5.82. The molecule has 8 heteroatoms. The van der Waals surface area contributed by atoms with E-state index < -0.39 is 10.0 Å². The lowest BCUT2D eigenvalue weighted by molar-refractivity contribution is 0.600. The van der Waals surface area contributed by atoms with Crippen molar-refractivity contribution in [3.8, 4) is 11.1 Å². The maximum atomic E-state index is 12.6. The van der Waals surface area contributed by atoms with Crippen molar-refractivity contribution in [2.75, 3.05) is 4.72 Å². The molecule has 0 spiro atoms. The Kier molecular flexibility index (Phi) is 5.44. The van der Waals surface area contributed by atoms with Gasteiger partial charge in [-0.05, 0) is 55.0 Å². The Hall–Kier alpha value is -1.79. The Balaban J connectivity index is 1.90. The van der Waals surface area contributed by atoms with Gasteiger partial charge in [0, 0.05) is 32.4 Å². The van der Waals surface area contributed by atoms with E-state index >= 15 is 0 Å². The molecule has 0 aliphatic rings. The molecule has 0 saturated carbocycles. The fraction of sp³-hybridized carbons (Fsp3) is 0.0556. The van der Waals surface area contributed by atoms with E-state index in [1.54, 1.807) is 49.4 Å². The fourth-order valence-corrected chi connectivity index (χ4v) is 4.31. The van der Waals surface area contributed by atoms with Gasteiger partial charge in [0.05, 0.1) is 4.90 Å². The minimum absolute atomic E-state index is 0.105. The van der Waals surface area contributed by atoms with Gasteiger partial charge in [-0.3, -0.25) is 4.72 Å². The Morgan fingerprint density at radius 3 is 2.42 bits per heavy atom. The number of sulfonamides is 1. The maximum absolute atomic E-state index is 12.6. The van der Waals surface area contributed by atoms with Gasteiger partial charge in [-0.25, -0.2) is 13.4 Å². The van der Waals surface area contributed by atoms with E-state index in [0.717, 1.165) is 5.56 Å². The Morgan fingerprint density at radius 1 is 0.962 bits per heavy atom. The summed E-state index contributed by atoms with van der Waals surface area (Å²) in [6.45, 7) is 1.65. The standard InChI is InChI=1S/C18H13Cl3N2O2S/c1-11-15(20)3-2-4-17(11)26(24,25)23-18-8-5-12(10-22-18)14-9-13(19)6-7-16(14)21/h2-10H,1H3,(H,22,23). The molecule has 26 heavy (non-hydrogen) atoms. The second kappa shape index (κ2) is 7.45. The Bertz CT molecular complexity index is 1070. The van der Waals surface area contributed by atoms with Crippen LogP contribution >= 0.6 is 34.8 Å². The van der Waals surface area contributed by atoms with E-state index in [1.165, 1.54) is 12.3 Å². The molecule has 0 aliphatic carbocycles. The summed E-state index contributed by atoms with van der Waals surface area (Å²) in [5, 5.41) is 1.46. The molecule has 0 amide bonds. The van der Waals surface area contributed by atoms with E-state index in [2.05, 4.69) is 9.71 Å². The molecule has 1 aromatic heterocycles. The Labute approximate surface area is 166 Å². The zero-order valence-electron chi connectivity index (χ0n) is 13.5. The highest BCUT2D eigenvalue weighted by Crippen LogP contribution is 2.31. The zero-order chi connectivity index (χ0) is 18.9. The lowest BCUT2D eigenvalue weighted by Gasteiger charge is -2.11. The minimum atomic E-state index is -3.80. The van der Waals surface area contributed by atoms with Gasteiger partial charge in [0.2, 0.25) is 0 Å². The Morgan fingerprint density at radius 2 is 1.73 bits per heavy atom. The van der Waals surface area contributed by atoms with Gasteiger partial charge in [0.15, 0.2) is 0 Å². The SMILES string of the molecule is Cc1c(Cl)cccc1S(=O)(=O)Nc1ccc(-c2cc(Cl)ccc2Cl)cn1. The number of nitrogens with one attached hydrogen (secondary N) is 1. The quantitative estimate of drug-likeness (QED) is 0.571. The number of rotatable bonds is 4. The van der Waals surface area contributed by atoms with E-state index in [0.29, 0.717) is 26.2 Å². The van der Waals surface area contributed by atoms with Crippen molar-refractivity contribution in [2.24, 2.45) is 0 Å². The molecule has 134 valence electrons. The van der Waals surface area contributed by atoms with Crippen molar-refractivity contribution in [1.29, 1.82) is 0 Å². The van der Waals surface area contributed by atoms with Crippen LogP contribution in [0, 0.1) is 6.92 Å². The van der Waals surface area contributed by atoms with Crippen molar-refractivity contribution < 1.29 is 8.42 Å². The molecule has 1 N–H and O–H groups in total. The topological polar surface area (TPSA) is 59.1 Å². The summed E-state index contributed by atoms with van der Waals surface area (Å²) in [6, 6.07) is 13.1. The molecule has 0 fully saturated rings. The molecule has 3 aromatic rings. The molecule has 0 bridgehead atoms. The number of anilines is 1. The van der Waals surface area contributed by atoms with Crippen molar-refractivity contribution in [3.05, 3.63) is 75.4 Å². The number of benzene rings is 2. The first-order chi connectivity index (χ1) is 12.3. The number of hydrogen-bond donors (Lipinski definition) is 1. The first-order valence-corrected chi connectivity index (χ1v) is 10.1. The second-order valence-corrected chi connectivity index (χ2v) is 8.43. The highest BCUT2D eigenvalue weighted by molar-refractivity contribution is 7.92. The van der Waals surface area contributed by atoms with Crippen molar-refractivity contribution in [1.82, 2.24) is 4.98 Å². The largest absolute Gasteiger partial charge is 0.263 e. The molecule has 0 unspecified atom stereocenters. The van der Waals surface area contributed by atoms with E-state index in [-0.39, 0.29) is 10.7 Å². The first kappa shape index (κ1) is 19.0. The summed E-state index contributed by atoms with van der Waals surface area (Å²) in [4.78, 5) is 4.27. The molecule has 3 rings (SSSR count). The molecular weight excluding hydrogens is 415 g/mol. The van der Waals surface area contributed by atoms with Crippen molar-refractivity contribution in [2.45, 2.75) is 11.8 Å². The minimum Gasteiger partial charge on any atom is -0.263 e. The van der Waals surface area contributed by atoms with Gasteiger partial charge in [-0.2, -0.15) is 0 Å². The van der Waals surface area contributed by atoms with Crippen LogP contribution < -0.4 is 4.72 Å². The molecule has 1 heterocycles. The van der Waals surface area contributed by atoms with Gasteiger partial charge < -0.3 is 0 Å². The third-order valence-electron chi connectivity index (χ3n) is 3.75. The van der Waals surface area contributed by atoms with Crippen LogP contribution in [-0.2, 0) is 10.0 Å². The summed E-state index contributed by atoms with van der Waals surface area (Å²) in [5.41, 5.74) is 1.91. The van der Waals surface area contributed by atoms with Crippen LogP contribution in [0.1, 0.15) is 5.56 Å².